The predicted octanol–water partition coefficient (Wildman–Crippen LogP) is 2.53. The molecule has 0 saturated heterocycles. The number of nitrogens with one attached hydrogen (secondary N) is 1. The average molecular weight is 287 g/mol. The van der Waals surface area contributed by atoms with E-state index in [1.54, 1.807) is 0 Å². The molecule has 0 aliphatic heterocycles. The second-order valence-corrected chi connectivity index (χ2v) is 5.34. The van der Waals surface area contributed by atoms with Crippen LogP contribution in [0.5, 0.6) is 5.88 Å². The lowest BCUT2D eigenvalue weighted by Gasteiger charge is -2.25. The number of hydrogen-bond donors (Lipinski definition) is 2. The maximum Gasteiger partial charge on any atom is 0.269 e. The van der Waals surface area contributed by atoms with E-state index in [1.807, 2.05) is 0 Å². The molecule has 2 N–H and O–H groups in total. The molecule has 88 valence electrons. The smallest absolute Gasteiger partial charge is 0.269 e. The lowest BCUT2D eigenvalue weighted by molar-refractivity contribution is 0.335. The van der Waals surface area contributed by atoms with Gasteiger partial charge in [0.05, 0.1) is 0 Å². The summed E-state index contributed by atoms with van der Waals surface area (Å²) in [5, 5.41) is 9.49. The summed E-state index contributed by atoms with van der Waals surface area (Å²) in [5.74, 6) is 1.45. The van der Waals surface area contributed by atoms with Crippen molar-refractivity contribution in [2.24, 2.45) is 5.92 Å². The zero-order valence-electron chi connectivity index (χ0n) is 9.16. The minimum atomic E-state index is -0.305. The van der Waals surface area contributed by atoms with Gasteiger partial charge in [-0.15, -0.1) is 0 Å². The van der Waals surface area contributed by atoms with E-state index in [-0.39, 0.29) is 21.8 Å². The van der Waals surface area contributed by atoms with Gasteiger partial charge in [-0.1, -0.05) is 19.8 Å². The van der Waals surface area contributed by atoms with Crippen LogP contribution in [0.4, 0.5) is 0 Å². The first-order valence-corrected chi connectivity index (χ1v) is 6.36. The lowest BCUT2D eigenvalue weighted by Crippen LogP contribution is -2.18. The molecule has 1 fully saturated rings. The molecule has 0 unspecified atom stereocenters. The third kappa shape index (κ3) is 2.29. The number of halogens is 1. The summed E-state index contributed by atoms with van der Waals surface area (Å²) < 4.78 is 0.112. The number of H-pyrrole nitrogens is 1. The van der Waals surface area contributed by atoms with E-state index in [9.17, 15) is 9.90 Å². The highest BCUT2D eigenvalue weighted by Gasteiger charge is 2.22. The van der Waals surface area contributed by atoms with Gasteiger partial charge in [0.15, 0.2) is 0 Å². The molecule has 0 atom stereocenters. The van der Waals surface area contributed by atoms with Crippen LogP contribution in [-0.2, 0) is 0 Å². The van der Waals surface area contributed by atoms with Gasteiger partial charge in [0, 0.05) is 5.92 Å². The Kier molecular flexibility index (Phi) is 3.33. The van der Waals surface area contributed by atoms with Crippen LogP contribution < -0.4 is 5.56 Å². The van der Waals surface area contributed by atoms with E-state index < -0.39 is 0 Å². The fourth-order valence-electron chi connectivity index (χ4n) is 2.19. The highest BCUT2D eigenvalue weighted by Crippen LogP contribution is 2.34. The molecule has 1 saturated carbocycles. The second kappa shape index (κ2) is 4.57. The number of aromatic amines is 1. The molecule has 5 heteroatoms. The Balaban J connectivity index is 2.24. The quantitative estimate of drug-likeness (QED) is 0.834. The van der Waals surface area contributed by atoms with E-state index in [2.05, 4.69) is 32.8 Å². The van der Waals surface area contributed by atoms with Crippen molar-refractivity contribution >= 4 is 15.9 Å². The van der Waals surface area contributed by atoms with E-state index in [0.717, 1.165) is 31.6 Å². The minimum Gasteiger partial charge on any atom is -0.492 e. The van der Waals surface area contributed by atoms with Crippen LogP contribution in [0.25, 0.3) is 0 Å². The molecule has 0 radical (unpaired) electrons. The van der Waals surface area contributed by atoms with E-state index in [1.165, 1.54) is 0 Å². The summed E-state index contributed by atoms with van der Waals surface area (Å²) in [5.41, 5.74) is -0.305. The van der Waals surface area contributed by atoms with Crippen molar-refractivity contribution in [3.63, 3.8) is 0 Å². The summed E-state index contributed by atoms with van der Waals surface area (Å²) in [6.07, 6.45) is 4.38. The standard InChI is InChI=1S/C11H15BrN2O2/c1-6-2-4-7(5-3-6)9-13-10(15)8(12)11(16)14-9/h6-7H,2-5H2,1H3,(H2,13,14,15,16). The Morgan fingerprint density at radius 2 is 2.00 bits per heavy atom. The molecule has 1 aliphatic rings. The van der Waals surface area contributed by atoms with Crippen LogP contribution in [0.3, 0.4) is 0 Å². The first-order valence-electron chi connectivity index (χ1n) is 5.56. The summed E-state index contributed by atoms with van der Waals surface area (Å²) in [6, 6.07) is 0. The molecule has 0 amide bonds. The third-order valence-electron chi connectivity index (χ3n) is 3.27. The van der Waals surface area contributed by atoms with Crippen LogP contribution in [0.15, 0.2) is 9.27 Å². The van der Waals surface area contributed by atoms with Gasteiger partial charge in [-0.3, -0.25) is 4.79 Å². The van der Waals surface area contributed by atoms with Crippen molar-refractivity contribution in [2.75, 3.05) is 0 Å². The van der Waals surface area contributed by atoms with Gasteiger partial charge in [0.1, 0.15) is 10.3 Å². The number of rotatable bonds is 1. The Morgan fingerprint density at radius 3 is 2.56 bits per heavy atom. The van der Waals surface area contributed by atoms with Crippen molar-refractivity contribution in [3.8, 4) is 5.88 Å². The third-order valence-corrected chi connectivity index (χ3v) is 3.98. The van der Waals surface area contributed by atoms with Gasteiger partial charge >= 0.3 is 0 Å². The molecule has 2 rings (SSSR count). The van der Waals surface area contributed by atoms with Crippen molar-refractivity contribution < 1.29 is 5.11 Å². The lowest BCUT2D eigenvalue weighted by atomic mass is 9.82. The molecule has 0 bridgehead atoms. The number of hydrogen-bond acceptors (Lipinski definition) is 3. The van der Waals surface area contributed by atoms with Gasteiger partial charge in [-0.2, -0.15) is 4.98 Å². The monoisotopic (exact) mass is 286 g/mol. The minimum absolute atomic E-state index is 0.112. The number of aromatic nitrogens is 2. The highest BCUT2D eigenvalue weighted by atomic mass is 79.9. The molecule has 1 heterocycles. The van der Waals surface area contributed by atoms with E-state index in [4.69, 9.17) is 0 Å². The fourth-order valence-corrected chi connectivity index (χ4v) is 2.38. The normalized spacial score (nSPS) is 25.6. The van der Waals surface area contributed by atoms with Crippen LogP contribution in [0.2, 0.25) is 0 Å². The second-order valence-electron chi connectivity index (χ2n) is 4.55. The zero-order chi connectivity index (χ0) is 11.7. The van der Waals surface area contributed by atoms with Crippen LogP contribution >= 0.6 is 15.9 Å². The zero-order valence-corrected chi connectivity index (χ0v) is 10.7. The highest BCUT2D eigenvalue weighted by molar-refractivity contribution is 9.10. The van der Waals surface area contributed by atoms with Gasteiger partial charge in [0.25, 0.3) is 5.56 Å². The van der Waals surface area contributed by atoms with Crippen LogP contribution in [0, 0.1) is 5.92 Å². The predicted molar refractivity (Wildman–Crippen MR) is 64.6 cm³/mol. The molecule has 1 aliphatic carbocycles. The van der Waals surface area contributed by atoms with Gasteiger partial charge in [-0.05, 0) is 34.7 Å². The summed E-state index contributed by atoms with van der Waals surface area (Å²) in [6.45, 7) is 2.24. The number of aromatic hydroxyl groups is 1. The molecule has 0 spiro atoms. The first kappa shape index (κ1) is 11.6. The van der Waals surface area contributed by atoms with Crippen molar-refractivity contribution in [3.05, 3.63) is 20.7 Å². The van der Waals surface area contributed by atoms with Crippen LogP contribution in [-0.4, -0.2) is 15.1 Å². The Hall–Kier alpha value is -0.840. The van der Waals surface area contributed by atoms with Crippen molar-refractivity contribution in [1.29, 1.82) is 0 Å². The van der Waals surface area contributed by atoms with Gasteiger partial charge < -0.3 is 10.1 Å². The van der Waals surface area contributed by atoms with E-state index >= 15 is 0 Å². The van der Waals surface area contributed by atoms with Gasteiger partial charge in [-0.25, -0.2) is 0 Å². The summed E-state index contributed by atoms with van der Waals surface area (Å²) in [7, 11) is 0. The largest absolute Gasteiger partial charge is 0.492 e. The maximum atomic E-state index is 11.5. The summed E-state index contributed by atoms with van der Waals surface area (Å²) >= 11 is 2.99. The fraction of sp³-hybridized carbons (Fsp3) is 0.636. The molecule has 16 heavy (non-hydrogen) atoms. The SMILES string of the molecule is CC1CCC(c2nc(O)c(Br)c(=O)[nH]2)CC1. The molecular formula is C11H15BrN2O2. The van der Waals surface area contributed by atoms with Crippen LogP contribution in [0.1, 0.15) is 44.3 Å². The molecule has 0 aromatic carbocycles. The molecular weight excluding hydrogens is 272 g/mol. The maximum absolute atomic E-state index is 11.5. The molecule has 4 nitrogen and oxygen atoms in total. The Bertz CT molecular complexity index is 436. The number of nitrogens with zero attached hydrogens (tertiary/aromatic N) is 1. The first-order chi connectivity index (χ1) is 7.58. The topological polar surface area (TPSA) is 66.0 Å². The van der Waals surface area contributed by atoms with Gasteiger partial charge in [0.2, 0.25) is 5.88 Å². The van der Waals surface area contributed by atoms with E-state index in [0.29, 0.717) is 5.82 Å². The molecule has 1 aromatic heterocycles. The Morgan fingerprint density at radius 1 is 1.38 bits per heavy atom. The molecule has 1 aromatic rings. The Labute approximate surface area is 102 Å². The summed E-state index contributed by atoms with van der Waals surface area (Å²) in [4.78, 5) is 18.2. The van der Waals surface area contributed by atoms with Crippen molar-refractivity contribution in [1.82, 2.24) is 9.97 Å². The average Bonchev–Trinajstić information content (AvgIpc) is 2.26. The van der Waals surface area contributed by atoms with Crippen molar-refractivity contribution in [2.45, 2.75) is 38.5 Å².